The molecule has 148 valence electrons. The van der Waals surface area contributed by atoms with E-state index in [-0.39, 0.29) is 17.5 Å². The number of ether oxygens (including phenoxy) is 2. The van der Waals surface area contributed by atoms with E-state index in [4.69, 9.17) is 0 Å². The third-order valence-electron chi connectivity index (χ3n) is 3.77. The number of aryl methyl sites for hydroxylation is 1. The first-order valence-corrected chi connectivity index (χ1v) is 8.27. The Hall–Kier alpha value is -2.22. The van der Waals surface area contributed by atoms with E-state index in [2.05, 4.69) is 9.47 Å². The number of rotatable bonds is 9. The first-order valence-electron chi connectivity index (χ1n) is 8.27. The lowest BCUT2D eigenvalue weighted by molar-refractivity contribution is -0.248. The molecule has 0 spiro atoms. The van der Waals surface area contributed by atoms with E-state index >= 15 is 0 Å². The van der Waals surface area contributed by atoms with Gasteiger partial charge in [-0.25, -0.2) is 8.78 Å². The van der Waals surface area contributed by atoms with Crippen molar-refractivity contribution >= 4 is 0 Å². The predicted octanol–water partition coefficient (Wildman–Crippen LogP) is 5.83. The average molecular weight is 392 g/mol. The van der Waals surface area contributed by atoms with Gasteiger partial charge in [-0.2, -0.15) is 17.6 Å². The SMILES string of the molecule is CCCc1ccc(C(F)(F)OCCc2cc(F)c(OC(F)F)c(F)c2)cc1. The van der Waals surface area contributed by atoms with Crippen LogP contribution in [-0.2, 0) is 23.7 Å². The van der Waals surface area contributed by atoms with Gasteiger partial charge in [-0.3, -0.25) is 0 Å². The van der Waals surface area contributed by atoms with Gasteiger partial charge < -0.3 is 9.47 Å². The maximum atomic E-state index is 14.1. The summed E-state index contributed by atoms with van der Waals surface area (Å²) in [5.74, 6) is -3.90. The number of halogens is 6. The summed E-state index contributed by atoms with van der Waals surface area (Å²) in [5, 5.41) is 0. The van der Waals surface area contributed by atoms with Crippen LogP contribution in [0.25, 0.3) is 0 Å². The van der Waals surface area contributed by atoms with Gasteiger partial charge in [-0.1, -0.05) is 37.6 Å². The first kappa shape index (κ1) is 21.1. The summed E-state index contributed by atoms with van der Waals surface area (Å²) in [6, 6.07) is 7.18. The summed E-state index contributed by atoms with van der Waals surface area (Å²) in [7, 11) is 0. The van der Waals surface area contributed by atoms with Crippen molar-refractivity contribution in [2.24, 2.45) is 0 Å². The van der Waals surface area contributed by atoms with E-state index in [0.717, 1.165) is 30.5 Å². The molecule has 0 aliphatic rings. The second kappa shape index (κ2) is 9.12. The average Bonchev–Trinajstić information content (AvgIpc) is 2.59. The van der Waals surface area contributed by atoms with Crippen molar-refractivity contribution in [3.63, 3.8) is 0 Å². The molecule has 0 N–H and O–H groups in total. The maximum absolute atomic E-state index is 14.1. The molecule has 2 nitrogen and oxygen atoms in total. The summed E-state index contributed by atoms with van der Waals surface area (Å²) in [4.78, 5) is 0. The summed E-state index contributed by atoms with van der Waals surface area (Å²) in [5.41, 5.74) is 0.565. The second-order valence-corrected chi connectivity index (χ2v) is 5.83. The predicted molar refractivity (Wildman–Crippen MR) is 87.0 cm³/mol. The van der Waals surface area contributed by atoms with Gasteiger partial charge >= 0.3 is 12.7 Å². The standard InChI is InChI=1S/C19H18F6O2/c1-2-3-12-4-6-14(7-5-12)19(24,25)26-9-8-13-10-15(20)17(16(21)11-13)27-18(22)23/h4-7,10-11,18H,2-3,8-9H2,1H3. The lowest BCUT2D eigenvalue weighted by Gasteiger charge is -2.18. The van der Waals surface area contributed by atoms with E-state index in [1.807, 2.05) is 6.92 Å². The van der Waals surface area contributed by atoms with Crippen LogP contribution in [0.15, 0.2) is 36.4 Å². The third-order valence-corrected chi connectivity index (χ3v) is 3.77. The molecule has 27 heavy (non-hydrogen) atoms. The van der Waals surface area contributed by atoms with Gasteiger partial charge in [0.25, 0.3) is 0 Å². The smallest absolute Gasteiger partial charge is 0.387 e. The van der Waals surface area contributed by atoms with Crippen molar-refractivity contribution in [1.29, 1.82) is 0 Å². The summed E-state index contributed by atoms with van der Waals surface area (Å²) >= 11 is 0. The lowest BCUT2D eigenvalue weighted by atomic mass is 10.1. The molecule has 0 aliphatic heterocycles. The highest BCUT2D eigenvalue weighted by atomic mass is 19.3. The molecule has 0 aromatic heterocycles. The molecule has 0 fully saturated rings. The van der Waals surface area contributed by atoms with Gasteiger partial charge in [-0.15, -0.1) is 0 Å². The van der Waals surface area contributed by atoms with Crippen molar-refractivity contribution < 1.29 is 35.8 Å². The zero-order valence-electron chi connectivity index (χ0n) is 14.5. The van der Waals surface area contributed by atoms with Gasteiger partial charge in [0.15, 0.2) is 17.4 Å². The summed E-state index contributed by atoms with van der Waals surface area (Å²) in [6.45, 7) is -1.94. The zero-order valence-corrected chi connectivity index (χ0v) is 14.5. The van der Waals surface area contributed by atoms with Crippen LogP contribution in [0, 0.1) is 11.6 Å². The normalized spacial score (nSPS) is 11.9. The van der Waals surface area contributed by atoms with Crippen LogP contribution >= 0.6 is 0 Å². The van der Waals surface area contributed by atoms with E-state index in [9.17, 15) is 26.3 Å². The fraction of sp³-hybridized carbons (Fsp3) is 0.368. The Morgan fingerprint density at radius 3 is 2.04 bits per heavy atom. The molecule has 0 bridgehead atoms. The van der Waals surface area contributed by atoms with Crippen LogP contribution in [0.2, 0.25) is 0 Å². The topological polar surface area (TPSA) is 18.5 Å². The van der Waals surface area contributed by atoms with E-state index in [0.29, 0.717) is 0 Å². The first-order chi connectivity index (χ1) is 12.7. The molecule has 0 radical (unpaired) electrons. The van der Waals surface area contributed by atoms with Gasteiger partial charge in [0, 0.05) is 0 Å². The van der Waals surface area contributed by atoms with Crippen molar-refractivity contribution in [1.82, 2.24) is 0 Å². The minimum Gasteiger partial charge on any atom is -0.429 e. The largest absolute Gasteiger partial charge is 0.429 e. The Labute approximate surface area is 152 Å². The monoisotopic (exact) mass is 392 g/mol. The number of alkyl halides is 4. The van der Waals surface area contributed by atoms with Gasteiger partial charge in [-0.05, 0) is 36.1 Å². The van der Waals surface area contributed by atoms with Crippen LogP contribution in [0.1, 0.15) is 30.0 Å². The minimum atomic E-state index is -3.57. The van der Waals surface area contributed by atoms with E-state index in [1.165, 1.54) is 12.1 Å². The fourth-order valence-electron chi connectivity index (χ4n) is 2.49. The molecule has 0 heterocycles. The van der Waals surface area contributed by atoms with E-state index < -0.39 is 36.7 Å². The van der Waals surface area contributed by atoms with Crippen molar-refractivity contribution in [3.8, 4) is 5.75 Å². The van der Waals surface area contributed by atoms with Crippen LogP contribution in [0.5, 0.6) is 5.75 Å². The van der Waals surface area contributed by atoms with Crippen molar-refractivity contribution in [3.05, 3.63) is 64.7 Å². The molecule has 2 aromatic carbocycles. The Morgan fingerprint density at radius 2 is 1.52 bits per heavy atom. The highest BCUT2D eigenvalue weighted by molar-refractivity contribution is 5.31. The molecule has 2 aromatic rings. The summed E-state index contributed by atoms with van der Waals surface area (Å²) < 4.78 is 87.8. The Bertz CT molecular complexity index is 723. The fourth-order valence-corrected chi connectivity index (χ4v) is 2.49. The van der Waals surface area contributed by atoms with Gasteiger partial charge in [0.2, 0.25) is 0 Å². The van der Waals surface area contributed by atoms with Crippen molar-refractivity contribution in [2.45, 2.75) is 38.9 Å². The molecule has 0 amide bonds. The molecule has 8 heteroatoms. The molecule has 0 atom stereocenters. The molecule has 0 saturated carbocycles. The number of hydrogen-bond acceptors (Lipinski definition) is 2. The molecule has 0 unspecified atom stereocenters. The van der Waals surface area contributed by atoms with Gasteiger partial charge in [0.05, 0.1) is 12.2 Å². The Kier molecular flexibility index (Phi) is 7.12. The highest BCUT2D eigenvalue weighted by Crippen LogP contribution is 2.30. The second-order valence-electron chi connectivity index (χ2n) is 5.83. The quantitative estimate of drug-likeness (QED) is 0.500. The van der Waals surface area contributed by atoms with E-state index in [1.54, 1.807) is 12.1 Å². The minimum absolute atomic E-state index is 0.0271. The third kappa shape index (κ3) is 5.89. The molecular formula is C19H18F6O2. The molecule has 0 saturated heterocycles. The Morgan fingerprint density at radius 1 is 0.926 bits per heavy atom. The summed E-state index contributed by atoms with van der Waals surface area (Å²) in [6.07, 6.45) is -2.15. The van der Waals surface area contributed by atoms with Crippen molar-refractivity contribution in [2.75, 3.05) is 6.61 Å². The lowest BCUT2D eigenvalue weighted by Crippen LogP contribution is -2.20. The molecular weight excluding hydrogens is 374 g/mol. The Balaban J connectivity index is 1.98. The van der Waals surface area contributed by atoms with Gasteiger partial charge in [0.1, 0.15) is 0 Å². The maximum Gasteiger partial charge on any atom is 0.387 e. The van der Waals surface area contributed by atoms with Crippen LogP contribution in [0.4, 0.5) is 26.3 Å². The molecule has 0 aliphatic carbocycles. The van der Waals surface area contributed by atoms with Crippen LogP contribution < -0.4 is 4.74 Å². The number of hydrogen-bond donors (Lipinski definition) is 0. The molecule has 2 rings (SSSR count). The zero-order chi connectivity index (χ0) is 20.0. The number of benzene rings is 2. The van der Waals surface area contributed by atoms with Crippen LogP contribution in [-0.4, -0.2) is 13.2 Å². The van der Waals surface area contributed by atoms with Crippen LogP contribution in [0.3, 0.4) is 0 Å². The highest BCUT2D eigenvalue weighted by Gasteiger charge is 2.32.